The van der Waals surface area contributed by atoms with Crippen LogP contribution in [0.1, 0.15) is 17.8 Å². The molecule has 1 aromatic carbocycles. The summed E-state index contributed by atoms with van der Waals surface area (Å²) in [5.41, 5.74) is 8.84. The van der Waals surface area contributed by atoms with Crippen molar-refractivity contribution in [3.8, 4) is 0 Å². The van der Waals surface area contributed by atoms with E-state index in [0.717, 1.165) is 29.7 Å². The second-order valence-corrected chi connectivity index (χ2v) is 4.29. The molecule has 0 saturated heterocycles. The van der Waals surface area contributed by atoms with Crippen molar-refractivity contribution in [2.75, 3.05) is 13.2 Å². The van der Waals surface area contributed by atoms with Crippen LogP contribution in [-0.2, 0) is 13.0 Å². The van der Waals surface area contributed by atoms with Crippen LogP contribution < -0.4 is 5.73 Å². The van der Waals surface area contributed by atoms with E-state index in [1.807, 2.05) is 0 Å². The third-order valence-electron chi connectivity index (χ3n) is 2.91. The van der Waals surface area contributed by atoms with Crippen LogP contribution in [-0.4, -0.2) is 27.8 Å². The molecule has 1 heterocycles. The van der Waals surface area contributed by atoms with E-state index in [9.17, 15) is 0 Å². The molecule has 2 aromatic rings. The lowest BCUT2D eigenvalue weighted by atomic mass is 10.2. The van der Waals surface area contributed by atoms with Crippen LogP contribution in [0, 0.1) is 6.92 Å². The Hall–Kier alpha value is -1.39. The number of aromatic nitrogens is 2. The first-order chi connectivity index (χ1) is 8.26. The van der Waals surface area contributed by atoms with E-state index in [2.05, 4.69) is 34.7 Å². The number of hydrogen-bond acceptors (Lipinski definition) is 3. The monoisotopic (exact) mass is 233 g/mol. The molecule has 1 aromatic heterocycles. The number of aliphatic hydroxyl groups excluding tert-OH is 1. The summed E-state index contributed by atoms with van der Waals surface area (Å²) in [5.74, 6) is 1.02. The Bertz CT molecular complexity index is 505. The number of nitrogens with zero attached hydrogens (tertiary/aromatic N) is 2. The SMILES string of the molecule is Cc1ccc2c(c1)nc(CCCN)n2CCO. The number of hydrogen-bond donors (Lipinski definition) is 2. The van der Waals surface area contributed by atoms with Gasteiger partial charge in [-0.3, -0.25) is 0 Å². The van der Waals surface area contributed by atoms with E-state index in [4.69, 9.17) is 10.8 Å². The fraction of sp³-hybridized carbons (Fsp3) is 0.462. The number of rotatable bonds is 5. The molecule has 0 amide bonds. The first-order valence-electron chi connectivity index (χ1n) is 6.03. The van der Waals surface area contributed by atoms with Crippen molar-refractivity contribution in [3.05, 3.63) is 29.6 Å². The summed E-state index contributed by atoms with van der Waals surface area (Å²) in [4.78, 5) is 4.63. The maximum absolute atomic E-state index is 9.13. The zero-order valence-corrected chi connectivity index (χ0v) is 10.2. The normalized spacial score (nSPS) is 11.2. The summed E-state index contributed by atoms with van der Waals surface area (Å²) in [6.07, 6.45) is 1.79. The lowest BCUT2D eigenvalue weighted by Gasteiger charge is -2.06. The summed E-state index contributed by atoms with van der Waals surface area (Å²) in [5, 5.41) is 9.13. The van der Waals surface area contributed by atoms with Gasteiger partial charge in [0.2, 0.25) is 0 Å². The minimum atomic E-state index is 0.134. The second-order valence-electron chi connectivity index (χ2n) is 4.29. The number of aliphatic hydroxyl groups is 1. The maximum atomic E-state index is 9.13. The van der Waals surface area contributed by atoms with Crippen LogP contribution in [0.4, 0.5) is 0 Å². The van der Waals surface area contributed by atoms with Gasteiger partial charge in [-0.2, -0.15) is 0 Å². The summed E-state index contributed by atoms with van der Waals surface area (Å²) < 4.78 is 2.09. The number of fused-ring (bicyclic) bond motifs is 1. The fourth-order valence-corrected chi connectivity index (χ4v) is 2.09. The summed E-state index contributed by atoms with van der Waals surface area (Å²) in [7, 11) is 0. The van der Waals surface area contributed by atoms with Crippen molar-refractivity contribution in [2.45, 2.75) is 26.3 Å². The smallest absolute Gasteiger partial charge is 0.109 e. The van der Waals surface area contributed by atoms with Crippen molar-refractivity contribution >= 4 is 11.0 Å². The highest BCUT2D eigenvalue weighted by molar-refractivity contribution is 5.76. The van der Waals surface area contributed by atoms with Gasteiger partial charge in [0.05, 0.1) is 17.6 Å². The van der Waals surface area contributed by atoms with Crippen LogP contribution in [0.25, 0.3) is 11.0 Å². The Morgan fingerprint density at radius 3 is 2.94 bits per heavy atom. The minimum absolute atomic E-state index is 0.134. The molecule has 92 valence electrons. The Kier molecular flexibility index (Phi) is 3.76. The molecule has 0 aliphatic rings. The van der Waals surface area contributed by atoms with Gasteiger partial charge >= 0.3 is 0 Å². The lowest BCUT2D eigenvalue weighted by Crippen LogP contribution is -2.09. The molecule has 0 saturated carbocycles. The van der Waals surface area contributed by atoms with Crippen molar-refractivity contribution in [3.63, 3.8) is 0 Å². The van der Waals surface area contributed by atoms with Crippen LogP contribution >= 0.6 is 0 Å². The largest absolute Gasteiger partial charge is 0.395 e. The molecule has 0 unspecified atom stereocenters. The van der Waals surface area contributed by atoms with Gasteiger partial charge in [0, 0.05) is 13.0 Å². The van der Waals surface area contributed by atoms with E-state index >= 15 is 0 Å². The third-order valence-corrected chi connectivity index (χ3v) is 2.91. The number of benzene rings is 1. The zero-order chi connectivity index (χ0) is 12.3. The van der Waals surface area contributed by atoms with E-state index in [1.165, 1.54) is 5.56 Å². The van der Waals surface area contributed by atoms with Crippen molar-refractivity contribution in [1.29, 1.82) is 0 Å². The van der Waals surface area contributed by atoms with E-state index in [1.54, 1.807) is 0 Å². The molecule has 0 spiro atoms. The van der Waals surface area contributed by atoms with E-state index < -0.39 is 0 Å². The lowest BCUT2D eigenvalue weighted by molar-refractivity contribution is 0.276. The van der Waals surface area contributed by atoms with E-state index in [-0.39, 0.29) is 6.61 Å². The zero-order valence-electron chi connectivity index (χ0n) is 10.2. The highest BCUT2D eigenvalue weighted by Gasteiger charge is 2.09. The fourth-order valence-electron chi connectivity index (χ4n) is 2.09. The average molecular weight is 233 g/mol. The van der Waals surface area contributed by atoms with Crippen LogP contribution in [0.2, 0.25) is 0 Å². The van der Waals surface area contributed by atoms with Crippen LogP contribution in [0.15, 0.2) is 18.2 Å². The molecule has 0 fully saturated rings. The predicted octanol–water partition coefficient (Wildman–Crippen LogP) is 1.23. The molecule has 2 rings (SSSR count). The molecule has 0 atom stereocenters. The van der Waals surface area contributed by atoms with Gasteiger partial charge in [0.25, 0.3) is 0 Å². The summed E-state index contributed by atoms with van der Waals surface area (Å²) >= 11 is 0. The van der Waals surface area contributed by atoms with Gasteiger partial charge in [0.15, 0.2) is 0 Å². The van der Waals surface area contributed by atoms with Crippen molar-refractivity contribution < 1.29 is 5.11 Å². The molecule has 0 aliphatic heterocycles. The quantitative estimate of drug-likeness (QED) is 0.816. The van der Waals surface area contributed by atoms with Gasteiger partial charge in [0.1, 0.15) is 5.82 Å². The van der Waals surface area contributed by atoms with Crippen LogP contribution in [0.5, 0.6) is 0 Å². The van der Waals surface area contributed by atoms with Crippen LogP contribution in [0.3, 0.4) is 0 Å². The Balaban J connectivity index is 2.45. The highest BCUT2D eigenvalue weighted by Crippen LogP contribution is 2.18. The number of nitrogens with two attached hydrogens (primary N) is 1. The maximum Gasteiger partial charge on any atom is 0.109 e. The molecular weight excluding hydrogens is 214 g/mol. The molecule has 17 heavy (non-hydrogen) atoms. The van der Waals surface area contributed by atoms with Gasteiger partial charge in [-0.05, 0) is 37.6 Å². The van der Waals surface area contributed by atoms with Gasteiger partial charge in [-0.1, -0.05) is 6.07 Å². The molecule has 0 bridgehead atoms. The molecular formula is C13H19N3O. The topological polar surface area (TPSA) is 64.1 Å². The Morgan fingerprint density at radius 2 is 2.24 bits per heavy atom. The summed E-state index contributed by atoms with van der Waals surface area (Å²) in [6, 6.07) is 6.22. The minimum Gasteiger partial charge on any atom is -0.395 e. The Morgan fingerprint density at radius 1 is 1.41 bits per heavy atom. The van der Waals surface area contributed by atoms with Gasteiger partial charge in [-0.25, -0.2) is 4.98 Å². The number of aryl methyl sites for hydroxylation is 2. The van der Waals surface area contributed by atoms with Gasteiger partial charge in [-0.15, -0.1) is 0 Å². The Labute approximate surface area is 101 Å². The van der Waals surface area contributed by atoms with Gasteiger partial charge < -0.3 is 15.4 Å². The molecule has 4 heteroatoms. The molecule has 0 aliphatic carbocycles. The average Bonchev–Trinajstić information content (AvgIpc) is 2.64. The van der Waals surface area contributed by atoms with E-state index in [0.29, 0.717) is 13.1 Å². The second kappa shape index (κ2) is 5.29. The third kappa shape index (κ3) is 2.48. The number of imidazole rings is 1. The van der Waals surface area contributed by atoms with Crippen molar-refractivity contribution in [1.82, 2.24) is 9.55 Å². The highest BCUT2D eigenvalue weighted by atomic mass is 16.3. The first kappa shape index (κ1) is 12.1. The van der Waals surface area contributed by atoms with Crippen molar-refractivity contribution in [2.24, 2.45) is 5.73 Å². The molecule has 3 N–H and O–H groups in total. The first-order valence-corrected chi connectivity index (χ1v) is 6.03. The molecule has 0 radical (unpaired) electrons. The predicted molar refractivity (Wildman–Crippen MR) is 68.9 cm³/mol. The molecule has 4 nitrogen and oxygen atoms in total. The summed E-state index contributed by atoms with van der Waals surface area (Å²) in [6.45, 7) is 3.46. The standard InChI is InChI=1S/C13H19N3O/c1-10-4-5-12-11(9-10)15-13(3-2-6-14)16(12)7-8-17/h4-5,9,17H,2-3,6-8,14H2,1H3.